The minimum absolute atomic E-state index is 0.171. The summed E-state index contributed by atoms with van der Waals surface area (Å²) >= 11 is 11.6. The quantitative estimate of drug-likeness (QED) is 0.682. The van der Waals surface area contributed by atoms with E-state index in [1.165, 1.54) is 6.07 Å². The number of nitrogens with two attached hydrogens (primary N) is 1. The fourth-order valence-electron chi connectivity index (χ4n) is 1.13. The number of amides is 2. The molecule has 0 aliphatic heterocycles. The number of aliphatic hydroxyl groups excluding tert-OH is 1. The van der Waals surface area contributed by atoms with Crippen LogP contribution in [0.3, 0.4) is 0 Å². The second-order valence-electron chi connectivity index (χ2n) is 3.87. The van der Waals surface area contributed by atoms with Gasteiger partial charge in [-0.3, -0.25) is 0 Å². The lowest BCUT2D eigenvalue weighted by atomic mass is 10.2. The molecule has 0 saturated heterocycles. The number of urea groups is 1. The molecular formula is C11H15Cl2N3O2. The van der Waals surface area contributed by atoms with Gasteiger partial charge in [0.15, 0.2) is 0 Å². The lowest BCUT2D eigenvalue weighted by Crippen LogP contribution is -2.44. The lowest BCUT2D eigenvalue weighted by molar-refractivity contribution is 0.162. The van der Waals surface area contributed by atoms with Crippen molar-refractivity contribution in [2.24, 2.45) is 5.73 Å². The molecule has 18 heavy (non-hydrogen) atoms. The number of hydrogen-bond acceptors (Lipinski definition) is 3. The van der Waals surface area contributed by atoms with Gasteiger partial charge in [0.1, 0.15) is 0 Å². The Balaban J connectivity index is 2.47. The third kappa shape index (κ3) is 4.70. The van der Waals surface area contributed by atoms with E-state index in [2.05, 4.69) is 10.6 Å². The van der Waals surface area contributed by atoms with Crippen LogP contribution in [0, 0.1) is 0 Å². The van der Waals surface area contributed by atoms with Gasteiger partial charge in [-0.05, 0) is 25.1 Å². The van der Waals surface area contributed by atoms with Crippen LogP contribution in [0.15, 0.2) is 18.2 Å². The SMILES string of the molecule is CC(O)C(N)CNC(=O)Nc1ccc(Cl)c(Cl)c1. The van der Waals surface area contributed by atoms with E-state index in [4.69, 9.17) is 34.0 Å². The van der Waals surface area contributed by atoms with Crippen LogP contribution in [-0.2, 0) is 0 Å². The second-order valence-corrected chi connectivity index (χ2v) is 4.68. The van der Waals surface area contributed by atoms with Crippen molar-refractivity contribution in [2.75, 3.05) is 11.9 Å². The molecule has 0 aliphatic rings. The van der Waals surface area contributed by atoms with Gasteiger partial charge in [-0.25, -0.2) is 4.79 Å². The van der Waals surface area contributed by atoms with Crippen LogP contribution in [-0.4, -0.2) is 29.8 Å². The fourth-order valence-corrected chi connectivity index (χ4v) is 1.43. The molecule has 0 aliphatic carbocycles. The van der Waals surface area contributed by atoms with Gasteiger partial charge in [0.2, 0.25) is 0 Å². The minimum atomic E-state index is -0.685. The topological polar surface area (TPSA) is 87.4 Å². The predicted molar refractivity (Wildman–Crippen MR) is 73.1 cm³/mol. The van der Waals surface area contributed by atoms with E-state index >= 15 is 0 Å². The monoisotopic (exact) mass is 291 g/mol. The van der Waals surface area contributed by atoms with Gasteiger partial charge in [0.05, 0.1) is 16.1 Å². The van der Waals surface area contributed by atoms with Gasteiger partial charge in [-0.2, -0.15) is 0 Å². The van der Waals surface area contributed by atoms with Crippen molar-refractivity contribution in [1.82, 2.24) is 5.32 Å². The highest BCUT2D eigenvalue weighted by atomic mass is 35.5. The van der Waals surface area contributed by atoms with Crippen LogP contribution in [0.1, 0.15) is 6.92 Å². The van der Waals surface area contributed by atoms with E-state index in [1.807, 2.05) is 0 Å². The van der Waals surface area contributed by atoms with E-state index in [9.17, 15) is 4.79 Å². The molecule has 0 heterocycles. The zero-order valence-corrected chi connectivity index (χ0v) is 11.3. The van der Waals surface area contributed by atoms with Gasteiger partial charge < -0.3 is 21.5 Å². The minimum Gasteiger partial charge on any atom is -0.392 e. The third-order valence-electron chi connectivity index (χ3n) is 2.30. The van der Waals surface area contributed by atoms with Crippen LogP contribution in [0.2, 0.25) is 10.0 Å². The molecule has 0 saturated carbocycles. The molecule has 0 aromatic heterocycles. The number of halogens is 2. The lowest BCUT2D eigenvalue weighted by Gasteiger charge is -2.15. The highest BCUT2D eigenvalue weighted by molar-refractivity contribution is 6.42. The van der Waals surface area contributed by atoms with E-state index < -0.39 is 18.2 Å². The van der Waals surface area contributed by atoms with Gasteiger partial charge in [0.25, 0.3) is 0 Å². The standard InChI is InChI=1S/C11H15Cl2N3O2/c1-6(17)10(14)5-15-11(18)16-7-2-3-8(12)9(13)4-7/h2-4,6,10,17H,5,14H2,1H3,(H2,15,16,18). The van der Waals surface area contributed by atoms with Crippen molar-refractivity contribution in [1.29, 1.82) is 0 Å². The van der Waals surface area contributed by atoms with Crippen molar-refractivity contribution in [3.05, 3.63) is 28.2 Å². The number of rotatable bonds is 4. The summed E-state index contributed by atoms with van der Waals surface area (Å²) in [4.78, 5) is 11.5. The maximum atomic E-state index is 11.5. The molecule has 2 unspecified atom stereocenters. The summed E-state index contributed by atoms with van der Waals surface area (Å²) in [7, 11) is 0. The highest BCUT2D eigenvalue weighted by Crippen LogP contribution is 2.24. The van der Waals surface area contributed by atoms with Crippen molar-refractivity contribution in [3.63, 3.8) is 0 Å². The normalized spacial score (nSPS) is 13.8. The van der Waals surface area contributed by atoms with Crippen LogP contribution < -0.4 is 16.4 Å². The Kier molecular flexibility index (Phi) is 5.68. The van der Waals surface area contributed by atoms with Gasteiger partial charge in [-0.1, -0.05) is 23.2 Å². The third-order valence-corrected chi connectivity index (χ3v) is 3.03. The van der Waals surface area contributed by atoms with E-state index in [1.54, 1.807) is 19.1 Å². The predicted octanol–water partition coefficient (Wildman–Crippen LogP) is 1.82. The molecular weight excluding hydrogens is 277 g/mol. The first-order chi connectivity index (χ1) is 8.40. The zero-order valence-electron chi connectivity index (χ0n) is 9.78. The van der Waals surface area contributed by atoms with Crippen LogP contribution in [0.5, 0.6) is 0 Å². The Morgan fingerprint density at radius 1 is 1.44 bits per heavy atom. The van der Waals surface area contributed by atoms with Crippen molar-refractivity contribution >= 4 is 34.9 Å². The molecule has 2 amide bonds. The summed E-state index contributed by atoms with van der Waals surface area (Å²) in [5.74, 6) is 0. The zero-order chi connectivity index (χ0) is 13.7. The average molecular weight is 292 g/mol. The summed E-state index contributed by atoms with van der Waals surface area (Å²) in [5, 5.41) is 15.0. The van der Waals surface area contributed by atoms with E-state index in [0.29, 0.717) is 15.7 Å². The van der Waals surface area contributed by atoms with E-state index in [-0.39, 0.29) is 6.54 Å². The first kappa shape index (κ1) is 15.0. The van der Waals surface area contributed by atoms with Crippen LogP contribution in [0.25, 0.3) is 0 Å². The van der Waals surface area contributed by atoms with Gasteiger partial charge in [-0.15, -0.1) is 0 Å². The van der Waals surface area contributed by atoms with Crippen LogP contribution in [0.4, 0.5) is 10.5 Å². The largest absolute Gasteiger partial charge is 0.392 e. The Morgan fingerprint density at radius 3 is 2.67 bits per heavy atom. The van der Waals surface area contributed by atoms with Crippen LogP contribution >= 0.6 is 23.2 Å². The highest BCUT2D eigenvalue weighted by Gasteiger charge is 2.10. The summed E-state index contributed by atoms with van der Waals surface area (Å²) < 4.78 is 0. The molecule has 0 fully saturated rings. The first-order valence-corrected chi connectivity index (χ1v) is 6.09. The van der Waals surface area contributed by atoms with Crippen molar-refractivity contribution in [2.45, 2.75) is 19.1 Å². The molecule has 0 radical (unpaired) electrons. The molecule has 0 bridgehead atoms. The average Bonchev–Trinajstić information content (AvgIpc) is 2.30. The van der Waals surface area contributed by atoms with Crippen molar-refractivity contribution < 1.29 is 9.90 Å². The number of benzene rings is 1. The molecule has 100 valence electrons. The molecule has 5 N–H and O–H groups in total. The molecule has 0 spiro atoms. The van der Waals surface area contributed by atoms with E-state index in [0.717, 1.165) is 0 Å². The summed E-state index contributed by atoms with van der Waals surface area (Å²) in [6.45, 7) is 1.73. The summed E-state index contributed by atoms with van der Waals surface area (Å²) in [6, 6.07) is 3.82. The Labute approximate surface area is 115 Å². The van der Waals surface area contributed by atoms with Crippen molar-refractivity contribution in [3.8, 4) is 0 Å². The summed E-state index contributed by atoms with van der Waals surface area (Å²) in [5.41, 5.74) is 6.09. The Hall–Kier alpha value is -1.01. The number of nitrogens with one attached hydrogen (secondary N) is 2. The second kappa shape index (κ2) is 6.80. The first-order valence-electron chi connectivity index (χ1n) is 5.33. The molecule has 5 nitrogen and oxygen atoms in total. The molecule has 7 heteroatoms. The number of hydrogen-bond donors (Lipinski definition) is 4. The summed E-state index contributed by atoms with van der Waals surface area (Å²) in [6.07, 6.45) is -0.685. The van der Waals surface area contributed by atoms with Gasteiger partial charge >= 0.3 is 6.03 Å². The maximum Gasteiger partial charge on any atom is 0.319 e. The molecule has 1 rings (SSSR count). The molecule has 2 atom stereocenters. The molecule has 1 aromatic carbocycles. The number of anilines is 1. The Bertz CT molecular complexity index is 427. The Morgan fingerprint density at radius 2 is 2.11 bits per heavy atom. The van der Waals surface area contributed by atoms with Gasteiger partial charge in [0, 0.05) is 18.3 Å². The molecule has 1 aromatic rings. The number of carbonyl (C=O) groups excluding carboxylic acids is 1. The smallest absolute Gasteiger partial charge is 0.319 e. The maximum absolute atomic E-state index is 11.5. The fraction of sp³-hybridized carbons (Fsp3) is 0.364. The number of aliphatic hydroxyl groups is 1. The number of carbonyl (C=O) groups is 1.